The molecule has 1 aromatic rings. The van der Waals surface area contributed by atoms with Crippen LogP contribution in [0.15, 0.2) is 47.6 Å². The number of nitrogens with zero attached hydrogens (tertiary/aromatic N) is 1. The van der Waals surface area contributed by atoms with E-state index in [9.17, 15) is 24.3 Å². The highest BCUT2D eigenvalue weighted by molar-refractivity contribution is 6.13. The highest BCUT2D eigenvalue weighted by Crippen LogP contribution is 2.63. The van der Waals surface area contributed by atoms with Crippen LogP contribution in [0.4, 0.5) is 0 Å². The van der Waals surface area contributed by atoms with Gasteiger partial charge in [0.15, 0.2) is 11.6 Å². The van der Waals surface area contributed by atoms with Crippen molar-refractivity contribution < 1.29 is 29.0 Å². The number of hydrogen-bond acceptors (Lipinski definition) is 6. The molecule has 5 rings (SSSR count). The number of rotatable bonds is 5. The molecular weight excluding hydrogens is 446 g/mol. The lowest BCUT2D eigenvalue weighted by molar-refractivity contribution is -0.142. The van der Waals surface area contributed by atoms with Crippen molar-refractivity contribution in [3.8, 4) is 5.75 Å². The van der Waals surface area contributed by atoms with Gasteiger partial charge in [-0.25, -0.2) is 0 Å². The molecule has 1 aliphatic heterocycles. The predicted molar refractivity (Wildman–Crippen MR) is 127 cm³/mol. The molecule has 1 aromatic carbocycles. The number of ketones is 2. The van der Waals surface area contributed by atoms with Crippen molar-refractivity contribution in [1.29, 1.82) is 0 Å². The maximum absolute atomic E-state index is 13.8. The van der Waals surface area contributed by atoms with Gasteiger partial charge >= 0.3 is 0 Å². The van der Waals surface area contributed by atoms with E-state index < -0.39 is 29.1 Å². The van der Waals surface area contributed by atoms with Gasteiger partial charge in [0.25, 0.3) is 0 Å². The Morgan fingerprint density at radius 3 is 2.57 bits per heavy atom. The Labute approximate surface area is 204 Å². The lowest BCUT2D eigenvalue weighted by Crippen LogP contribution is -2.54. The van der Waals surface area contributed by atoms with Gasteiger partial charge in [0, 0.05) is 23.9 Å². The number of ether oxygens (including phenoxy) is 1. The molecule has 0 radical (unpaired) electrons. The zero-order valence-electron chi connectivity index (χ0n) is 20.3. The largest absolute Gasteiger partial charge is 0.491 e. The van der Waals surface area contributed by atoms with Gasteiger partial charge in [-0.15, -0.1) is 0 Å². The Hall–Kier alpha value is -3.06. The zero-order valence-corrected chi connectivity index (χ0v) is 20.3. The van der Waals surface area contributed by atoms with Gasteiger partial charge in [0.1, 0.15) is 12.4 Å². The number of carbonyl (C=O) groups excluding carboxylic acids is 4. The molecule has 6 atom stereocenters. The summed E-state index contributed by atoms with van der Waals surface area (Å²) in [6, 6.07) is 7.41. The quantitative estimate of drug-likeness (QED) is 0.517. The summed E-state index contributed by atoms with van der Waals surface area (Å²) in [5, 5.41) is 9.35. The SMILES string of the molecule is CCN1C(=O)[C@H]2[C@H](CC=C3[C@H]2C[C@H]2C(=O)C=C(C)C(=O)[C@@]2(C)[C@H]3c2ccccc2OCCO)C1=O. The highest BCUT2D eigenvalue weighted by atomic mass is 16.5. The fourth-order valence-electron chi connectivity index (χ4n) is 7.12. The third-order valence-corrected chi connectivity index (χ3v) is 8.63. The topological polar surface area (TPSA) is 101 Å². The first-order valence-electron chi connectivity index (χ1n) is 12.4. The van der Waals surface area contributed by atoms with Crippen molar-refractivity contribution >= 4 is 23.4 Å². The fraction of sp³-hybridized carbons (Fsp3) is 0.500. The first kappa shape index (κ1) is 23.7. The standard InChI is InChI=1S/C28H31NO6/c1-4-29-26(33)18-10-9-16-19(23(18)27(29)34)14-20-21(31)13-15(2)25(32)28(20,3)24(16)17-7-5-6-8-22(17)35-12-11-30/h5-9,13,18-20,23-24,30H,4,10-12,14H2,1-3H3/t18-,19+,20-,23-,24+,28+/m0/s1. The Kier molecular flexibility index (Phi) is 5.79. The molecule has 0 unspecified atom stereocenters. The molecule has 2 fully saturated rings. The summed E-state index contributed by atoms with van der Waals surface area (Å²) in [5.41, 5.74) is 1.10. The predicted octanol–water partition coefficient (Wildman–Crippen LogP) is 2.83. The van der Waals surface area contributed by atoms with Crippen LogP contribution >= 0.6 is 0 Å². The number of para-hydroxylation sites is 1. The van der Waals surface area contributed by atoms with E-state index in [0.29, 0.717) is 30.7 Å². The van der Waals surface area contributed by atoms with Crippen LogP contribution in [-0.2, 0) is 19.2 Å². The number of hydrogen-bond donors (Lipinski definition) is 1. The Bertz CT molecular complexity index is 1180. The summed E-state index contributed by atoms with van der Waals surface area (Å²) in [7, 11) is 0. The number of allylic oxidation sites excluding steroid dienone is 4. The van der Waals surface area contributed by atoms with Gasteiger partial charge < -0.3 is 9.84 Å². The van der Waals surface area contributed by atoms with Crippen molar-refractivity contribution in [2.45, 2.75) is 39.5 Å². The lowest BCUT2D eigenvalue weighted by atomic mass is 9.47. The minimum Gasteiger partial charge on any atom is -0.491 e. The molecule has 1 saturated carbocycles. The second-order valence-corrected chi connectivity index (χ2v) is 10.3. The van der Waals surface area contributed by atoms with Gasteiger partial charge in [-0.05, 0) is 50.3 Å². The molecule has 7 nitrogen and oxygen atoms in total. The van der Waals surface area contributed by atoms with Crippen molar-refractivity contribution in [3.05, 3.63) is 53.1 Å². The van der Waals surface area contributed by atoms with Crippen molar-refractivity contribution in [2.75, 3.05) is 19.8 Å². The highest BCUT2D eigenvalue weighted by Gasteiger charge is 2.63. The summed E-state index contributed by atoms with van der Waals surface area (Å²) in [5.74, 6) is -2.28. The summed E-state index contributed by atoms with van der Waals surface area (Å²) in [4.78, 5) is 54.9. The minimum absolute atomic E-state index is 0.0745. The van der Waals surface area contributed by atoms with Crippen LogP contribution in [0.2, 0.25) is 0 Å². The molecule has 3 aliphatic carbocycles. The van der Waals surface area contributed by atoms with Crippen LogP contribution in [0.25, 0.3) is 0 Å². The van der Waals surface area contributed by atoms with Crippen molar-refractivity contribution in [3.63, 3.8) is 0 Å². The van der Waals surface area contributed by atoms with Gasteiger partial charge in [0.2, 0.25) is 11.8 Å². The Morgan fingerprint density at radius 1 is 1.11 bits per heavy atom. The zero-order chi connectivity index (χ0) is 25.1. The number of aliphatic hydroxyl groups is 1. The van der Waals surface area contributed by atoms with Crippen LogP contribution in [0.1, 0.15) is 45.1 Å². The summed E-state index contributed by atoms with van der Waals surface area (Å²) >= 11 is 0. The molecule has 184 valence electrons. The summed E-state index contributed by atoms with van der Waals surface area (Å²) in [6.45, 7) is 5.62. The van der Waals surface area contributed by atoms with E-state index in [4.69, 9.17) is 4.74 Å². The number of aliphatic hydroxyl groups excluding tert-OH is 1. The van der Waals surface area contributed by atoms with E-state index in [2.05, 4.69) is 0 Å². The molecule has 7 heteroatoms. The maximum atomic E-state index is 13.8. The molecule has 4 aliphatic rings. The molecule has 1 heterocycles. The maximum Gasteiger partial charge on any atom is 0.233 e. The van der Waals surface area contributed by atoms with E-state index in [1.54, 1.807) is 19.9 Å². The van der Waals surface area contributed by atoms with Crippen LogP contribution in [-0.4, -0.2) is 53.1 Å². The van der Waals surface area contributed by atoms with E-state index in [0.717, 1.165) is 11.1 Å². The smallest absolute Gasteiger partial charge is 0.233 e. The van der Waals surface area contributed by atoms with Gasteiger partial charge in [-0.1, -0.05) is 36.8 Å². The molecule has 1 N–H and O–H groups in total. The fourth-order valence-corrected chi connectivity index (χ4v) is 7.12. The normalized spacial score (nSPS) is 34.2. The van der Waals surface area contributed by atoms with Gasteiger partial charge in [0.05, 0.1) is 23.9 Å². The molecule has 0 spiro atoms. The van der Waals surface area contributed by atoms with E-state index in [-0.39, 0.29) is 42.5 Å². The Balaban J connectivity index is 1.71. The number of imide groups is 1. The average molecular weight is 478 g/mol. The van der Waals surface area contributed by atoms with Crippen molar-refractivity contribution in [1.82, 2.24) is 4.90 Å². The average Bonchev–Trinajstić information content (AvgIpc) is 3.10. The first-order valence-corrected chi connectivity index (χ1v) is 12.4. The Morgan fingerprint density at radius 2 is 1.86 bits per heavy atom. The van der Waals surface area contributed by atoms with Crippen LogP contribution in [0.5, 0.6) is 5.75 Å². The van der Waals surface area contributed by atoms with E-state index >= 15 is 0 Å². The van der Waals surface area contributed by atoms with Crippen LogP contribution < -0.4 is 4.74 Å². The summed E-state index contributed by atoms with van der Waals surface area (Å²) < 4.78 is 5.87. The minimum atomic E-state index is -1.04. The van der Waals surface area contributed by atoms with Crippen LogP contribution in [0.3, 0.4) is 0 Å². The number of carbonyl (C=O) groups is 4. The number of Topliss-reactive ketones (excluding diaryl/α,β-unsaturated/α-hetero) is 1. The number of amides is 2. The van der Waals surface area contributed by atoms with Crippen LogP contribution in [0, 0.1) is 29.1 Å². The molecule has 2 amide bonds. The third kappa shape index (κ3) is 3.28. The second-order valence-electron chi connectivity index (χ2n) is 10.3. The van der Waals surface area contributed by atoms with Gasteiger partial charge in [-0.3, -0.25) is 24.1 Å². The second kappa shape index (κ2) is 8.55. The van der Waals surface area contributed by atoms with Crippen molar-refractivity contribution in [2.24, 2.45) is 29.1 Å². The number of benzene rings is 1. The molecular formula is C28H31NO6. The molecule has 1 saturated heterocycles. The molecule has 35 heavy (non-hydrogen) atoms. The monoisotopic (exact) mass is 477 g/mol. The number of likely N-dealkylation sites (tertiary alicyclic amines) is 1. The third-order valence-electron chi connectivity index (χ3n) is 8.63. The van der Waals surface area contributed by atoms with E-state index in [1.807, 2.05) is 31.2 Å². The molecule has 0 bridgehead atoms. The number of fused-ring (bicyclic) bond motifs is 4. The molecule has 0 aromatic heterocycles. The first-order chi connectivity index (χ1) is 16.7. The van der Waals surface area contributed by atoms with Gasteiger partial charge in [-0.2, -0.15) is 0 Å². The van der Waals surface area contributed by atoms with E-state index in [1.165, 1.54) is 11.0 Å². The summed E-state index contributed by atoms with van der Waals surface area (Å²) in [6.07, 6.45) is 4.28. The lowest BCUT2D eigenvalue weighted by Gasteiger charge is -2.53.